The van der Waals surface area contributed by atoms with Crippen LogP contribution in [0.4, 0.5) is 0 Å². The van der Waals surface area contributed by atoms with Gasteiger partial charge in [0.2, 0.25) is 10.0 Å². The molecule has 1 saturated carbocycles. The number of rotatable bonds is 5. The highest BCUT2D eigenvalue weighted by Crippen LogP contribution is 2.33. The molecular formula is C17H20Cl2N4O2S. The van der Waals surface area contributed by atoms with Crippen LogP contribution in [0, 0.1) is 5.92 Å². The fourth-order valence-electron chi connectivity index (χ4n) is 3.79. The van der Waals surface area contributed by atoms with Crippen LogP contribution >= 0.6 is 23.2 Å². The number of halogens is 2. The number of aromatic nitrogens is 3. The van der Waals surface area contributed by atoms with Crippen molar-refractivity contribution < 1.29 is 8.42 Å². The lowest BCUT2D eigenvalue weighted by Gasteiger charge is -2.38. The summed E-state index contributed by atoms with van der Waals surface area (Å²) in [5, 5.41) is 8.92. The van der Waals surface area contributed by atoms with Crippen molar-refractivity contribution in [1.82, 2.24) is 19.1 Å². The number of nitrogens with zero attached hydrogens (tertiary/aromatic N) is 4. The molecular weight excluding hydrogens is 395 g/mol. The Balaban J connectivity index is 1.41. The number of hydrogen-bond donors (Lipinski definition) is 0. The van der Waals surface area contributed by atoms with E-state index in [1.807, 2.05) is 6.33 Å². The van der Waals surface area contributed by atoms with E-state index in [4.69, 9.17) is 23.2 Å². The van der Waals surface area contributed by atoms with Gasteiger partial charge >= 0.3 is 0 Å². The predicted molar refractivity (Wildman–Crippen MR) is 99.9 cm³/mol. The van der Waals surface area contributed by atoms with Crippen LogP contribution in [0.1, 0.15) is 37.5 Å². The minimum atomic E-state index is -3.53. The number of sulfonamides is 1. The van der Waals surface area contributed by atoms with E-state index in [1.165, 1.54) is 48.2 Å². The standard InChI is InChI=1S/C17H20Cl2N4O2S/c18-15-6-5-14(8-16(15)19)26(24,25)22-9-12(10-22)7-17-21-20-11-23(17)13-3-1-2-4-13/h5-6,8,11-13H,1-4,7,9-10H2. The zero-order valence-corrected chi connectivity index (χ0v) is 16.5. The first-order chi connectivity index (χ1) is 12.4. The van der Waals surface area contributed by atoms with Gasteiger partial charge in [-0.05, 0) is 37.0 Å². The summed E-state index contributed by atoms with van der Waals surface area (Å²) in [6, 6.07) is 4.91. The van der Waals surface area contributed by atoms with Crippen LogP contribution in [0.3, 0.4) is 0 Å². The molecule has 2 aromatic rings. The summed E-state index contributed by atoms with van der Waals surface area (Å²) in [7, 11) is -3.53. The third-order valence-corrected chi connectivity index (χ3v) is 7.86. The number of hydrogen-bond acceptors (Lipinski definition) is 4. The molecule has 26 heavy (non-hydrogen) atoms. The molecule has 0 bridgehead atoms. The Morgan fingerprint density at radius 3 is 2.54 bits per heavy atom. The van der Waals surface area contributed by atoms with Gasteiger partial charge in [0, 0.05) is 25.6 Å². The summed E-state index contributed by atoms with van der Waals surface area (Å²) in [5.74, 6) is 1.23. The summed E-state index contributed by atoms with van der Waals surface area (Å²) >= 11 is 11.8. The lowest BCUT2D eigenvalue weighted by molar-refractivity contribution is 0.195. The molecule has 0 atom stereocenters. The molecule has 1 aliphatic carbocycles. The molecule has 0 spiro atoms. The second-order valence-electron chi connectivity index (χ2n) is 7.06. The maximum Gasteiger partial charge on any atom is 0.243 e. The highest BCUT2D eigenvalue weighted by molar-refractivity contribution is 7.89. The van der Waals surface area contributed by atoms with Crippen LogP contribution in [0.5, 0.6) is 0 Å². The van der Waals surface area contributed by atoms with Crippen molar-refractivity contribution >= 4 is 33.2 Å². The van der Waals surface area contributed by atoms with Gasteiger partial charge < -0.3 is 4.57 Å². The minimum Gasteiger partial charge on any atom is -0.314 e. The van der Waals surface area contributed by atoms with Crippen molar-refractivity contribution in [3.63, 3.8) is 0 Å². The lowest BCUT2D eigenvalue weighted by Crippen LogP contribution is -2.50. The van der Waals surface area contributed by atoms with Crippen molar-refractivity contribution in [2.24, 2.45) is 5.92 Å². The first-order valence-corrected chi connectivity index (χ1v) is 11.0. The molecule has 0 unspecified atom stereocenters. The second-order valence-corrected chi connectivity index (χ2v) is 9.81. The van der Waals surface area contributed by atoms with E-state index >= 15 is 0 Å². The maximum absolute atomic E-state index is 12.7. The Labute approximate surface area is 163 Å². The maximum atomic E-state index is 12.7. The van der Waals surface area contributed by atoms with Crippen molar-refractivity contribution in [1.29, 1.82) is 0 Å². The van der Waals surface area contributed by atoms with Gasteiger partial charge in [0.05, 0.1) is 14.9 Å². The zero-order valence-electron chi connectivity index (χ0n) is 14.2. The molecule has 0 radical (unpaired) electrons. The van der Waals surface area contributed by atoms with Gasteiger partial charge in [-0.2, -0.15) is 4.31 Å². The van der Waals surface area contributed by atoms with Gasteiger partial charge in [0.15, 0.2) is 0 Å². The molecule has 0 amide bonds. The van der Waals surface area contributed by atoms with Crippen LogP contribution in [0.2, 0.25) is 10.0 Å². The monoisotopic (exact) mass is 414 g/mol. The van der Waals surface area contributed by atoms with Gasteiger partial charge in [-0.15, -0.1) is 10.2 Å². The summed E-state index contributed by atoms with van der Waals surface area (Å²) in [4.78, 5) is 0.180. The average Bonchev–Trinajstić information content (AvgIpc) is 3.23. The van der Waals surface area contributed by atoms with E-state index in [9.17, 15) is 8.42 Å². The Morgan fingerprint density at radius 2 is 1.85 bits per heavy atom. The van der Waals surface area contributed by atoms with Gasteiger partial charge in [-0.25, -0.2) is 8.42 Å². The molecule has 2 aliphatic rings. The third-order valence-electron chi connectivity index (χ3n) is 5.29. The summed E-state index contributed by atoms with van der Waals surface area (Å²) < 4.78 is 29.0. The topological polar surface area (TPSA) is 68.1 Å². The largest absolute Gasteiger partial charge is 0.314 e. The van der Waals surface area contributed by atoms with Crippen molar-refractivity contribution in [3.8, 4) is 0 Å². The first-order valence-electron chi connectivity index (χ1n) is 8.79. The molecule has 1 aliphatic heterocycles. The van der Waals surface area contributed by atoms with Crippen LogP contribution in [-0.2, 0) is 16.4 Å². The van der Waals surface area contributed by atoms with E-state index in [0.717, 1.165) is 12.2 Å². The van der Waals surface area contributed by atoms with Crippen molar-refractivity contribution in [3.05, 3.63) is 40.4 Å². The molecule has 140 valence electrons. The molecule has 2 fully saturated rings. The molecule has 9 heteroatoms. The lowest BCUT2D eigenvalue weighted by atomic mass is 9.99. The molecule has 1 aromatic carbocycles. The van der Waals surface area contributed by atoms with Crippen LogP contribution in [0.25, 0.3) is 0 Å². The molecule has 6 nitrogen and oxygen atoms in total. The average molecular weight is 415 g/mol. The zero-order chi connectivity index (χ0) is 18.3. The third kappa shape index (κ3) is 3.38. The van der Waals surface area contributed by atoms with Gasteiger partial charge in [0.25, 0.3) is 0 Å². The van der Waals surface area contributed by atoms with E-state index in [2.05, 4.69) is 14.8 Å². The van der Waals surface area contributed by atoms with Crippen LogP contribution in [-0.4, -0.2) is 40.6 Å². The smallest absolute Gasteiger partial charge is 0.243 e. The van der Waals surface area contributed by atoms with Crippen LogP contribution < -0.4 is 0 Å². The van der Waals surface area contributed by atoms with E-state index in [1.54, 1.807) is 0 Å². The minimum absolute atomic E-state index is 0.180. The Morgan fingerprint density at radius 1 is 1.12 bits per heavy atom. The van der Waals surface area contributed by atoms with Crippen molar-refractivity contribution in [2.75, 3.05) is 13.1 Å². The molecule has 0 N–H and O–H groups in total. The molecule has 2 heterocycles. The first kappa shape index (κ1) is 18.2. The SMILES string of the molecule is O=S(=O)(c1ccc(Cl)c(Cl)c1)N1CC(Cc2nncn2C2CCCC2)C1. The Kier molecular flexibility index (Phi) is 4.98. The second kappa shape index (κ2) is 7.11. The van der Waals surface area contributed by atoms with Gasteiger partial charge in [-0.3, -0.25) is 0 Å². The summed E-state index contributed by atoms with van der Waals surface area (Å²) in [6.45, 7) is 0.972. The van der Waals surface area contributed by atoms with Crippen LogP contribution in [0.15, 0.2) is 29.4 Å². The van der Waals surface area contributed by atoms with Crippen molar-refractivity contribution in [2.45, 2.75) is 43.0 Å². The predicted octanol–water partition coefficient (Wildman–Crippen LogP) is 3.56. The highest BCUT2D eigenvalue weighted by atomic mass is 35.5. The number of benzene rings is 1. The summed E-state index contributed by atoms with van der Waals surface area (Å²) in [5.41, 5.74) is 0. The summed E-state index contributed by atoms with van der Waals surface area (Å²) in [6.07, 6.45) is 7.42. The Bertz CT molecular complexity index is 903. The van der Waals surface area contributed by atoms with E-state index in [0.29, 0.717) is 24.2 Å². The molecule has 1 saturated heterocycles. The normalized spacial score (nSPS) is 19.8. The molecule has 4 rings (SSSR count). The Hall–Kier alpha value is -1.15. The molecule has 1 aromatic heterocycles. The van der Waals surface area contributed by atoms with E-state index < -0.39 is 10.0 Å². The van der Waals surface area contributed by atoms with Gasteiger partial charge in [-0.1, -0.05) is 36.0 Å². The highest BCUT2D eigenvalue weighted by Gasteiger charge is 2.37. The fourth-order valence-corrected chi connectivity index (χ4v) is 5.77. The quantitative estimate of drug-likeness (QED) is 0.749. The van der Waals surface area contributed by atoms with E-state index in [-0.39, 0.29) is 15.8 Å². The van der Waals surface area contributed by atoms with Gasteiger partial charge in [0.1, 0.15) is 12.2 Å². The fraction of sp³-hybridized carbons (Fsp3) is 0.529.